The first-order chi connectivity index (χ1) is 9.15. The van der Waals surface area contributed by atoms with Gasteiger partial charge in [-0.1, -0.05) is 11.3 Å². The Morgan fingerprint density at radius 2 is 2.00 bits per heavy atom. The number of nitrogens with two attached hydrogens (primary N) is 1. The first-order valence-electron chi connectivity index (χ1n) is 6.23. The molecule has 0 amide bonds. The van der Waals surface area contributed by atoms with E-state index in [1.165, 1.54) is 23.3 Å². The Bertz CT molecular complexity index is 778. The predicted octanol–water partition coefficient (Wildman–Crippen LogP) is 2.99. The minimum absolute atomic E-state index is 0.549. The van der Waals surface area contributed by atoms with Crippen molar-refractivity contribution in [2.24, 2.45) is 0 Å². The summed E-state index contributed by atoms with van der Waals surface area (Å²) in [5, 5.41) is 14.9. The minimum atomic E-state index is 0.549. The molecule has 5 nitrogen and oxygen atoms in total. The van der Waals surface area contributed by atoms with Gasteiger partial charge in [0.1, 0.15) is 0 Å². The zero-order chi connectivity index (χ0) is 13.1. The van der Waals surface area contributed by atoms with E-state index in [2.05, 4.69) is 29.1 Å². The Kier molecular flexibility index (Phi) is 2.25. The summed E-state index contributed by atoms with van der Waals surface area (Å²) in [5.74, 6) is 1.55. The van der Waals surface area contributed by atoms with Gasteiger partial charge in [-0.05, 0) is 32.3 Å². The Balaban J connectivity index is 1.91. The Morgan fingerprint density at radius 1 is 1.21 bits per heavy atom. The van der Waals surface area contributed by atoms with E-state index in [4.69, 9.17) is 5.73 Å². The van der Waals surface area contributed by atoms with Gasteiger partial charge in [0.15, 0.2) is 10.8 Å². The molecule has 0 saturated heterocycles. The highest BCUT2D eigenvalue weighted by Gasteiger charge is 2.30. The first kappa shape index (κ1) is 11.4. The van der Waals surface area contributed by atoms with Crippen LogP contribution in [-0.2, 0) is 0 Å². The van der Waals surface area contributed by atoms with E-state index in [0.717, 1.165) is 26.4 Å². The molecule has 98 valence electrons. The summed E-state index contributed by atoms with van der Waals surface area (Å²) in [6.07, 6.45) is 2.40. The number of anilines is 1. The van der Waals surface area contributed by atoms with E-state index in [0.29, 0.717) is 5.92 Å². The third kappa shape index (κ3) is 1.61. The molecule has 19 heavy (non-hydrogen) atoms. The number of nitrogens with zero attached hydrogens (tertiary/aromatic N) is 4. The lowest BCUT2D eigenvalue weighted by Gasteiger charge is -1.96. The molecule has 1 aliphatic rings. The van der Waals surface area contributed by atoms with Gasteiger partial charge in [0.2, 0.25) is 4.96 Å². The number of rotatable bonds is 2. The van der Waals surface area contributed by atoms with E-state index in [1.807, 2.05) is 4.52 Å². The largest absolute Gasteiger partial charge is 0.390 e. The van der Waals surface area contributed by atoms with E-state index in [1.54, 1.807) is 22.7 Å². The second-order valence-electron chi connectivity index (χ2n) is 4.96. The van der Waals surface area contributed by atoms with Crippen molar-refractivity contribution in [3.05, 3.63) is 16.3 Å². The molecule has 1 aliphatic carbocycles. The van der Waals surface area contributed by atoms with Crippen LogP contribution in [0, 0.1) is 13.8 Å². The number of aryl methyl sites for hydroxylation is 1. The van der Waals surface area contributed by atoms with Gasteiger partial charge in [0.25, 0.3) is 0 Å². The Hall–Kier alpha value is -1.47. The lowest BCUT2D eigenvalue weighted by molar-refractivity contribution is 0.828. The highest BCUT2D eigenvalue weighted by molar-refractivity contribution is 7.21. The van der Waals surface area contributed by atoms with E-state index in [-0.39, 0.29) is 0 Å². The SMILES string of the molecule is Cc1sc(N)c(-c2nn3c(C4CC4)nnc3s2)c1C. The number of thiophene rings is 1. The second-order valence-corrected chi connectivity index (χ2v) is 7.17. The van der Waals surface area contributed by atoms with Crippen molar-refractivity contribution in [1.82, 2.24) is 19.8 Å². The van der Waals surface area contributed by atoms with Crippen molar-refractivity contribution in [2.45, 2.75) is 32.6 Å². The normalized spacial score (nSPS) is 15.5. The molecular weight excluding hydrogens is 278 g/mol. The molecule has 4 rings (SSSR count). The standard InChI is InChI=1S/C12H13N5S2/c1-5-6(2)18-9(13)8(5)11-16-17-10(7-3-4-7)14-15-12(17)19-11/h7H,3-4,13H2,1-2H3. The van der Waals surface area contributed by atoms with Gasteiger partial charge >= 0.3 is 0 Å². The molecule has 1 fully saturated rings. The maximum absolute atomic E-state index is 6.11. The fraction of sp³-hybridized carbons (Fsp3) is 0.417. The molecule has 1 saturated carbocycles. The lowest BCUT2D eigenvalue weighted by Crippen LogP contribution is -1.94. The highest BCUT2D eigenvalue weighted by atomic mass is 32.1. The fourth-order valence-corrected chi connectivity index (χ4v) is 4.21. The molecule has 7 heteroatoms. The van der Waals surface area contributed by atoms with E-state index in [9.17, 15) is 0 Å². The molecular formula is C12H13N5S2. The summed E-state index contributed by atoms with van der Waals surface area (Å²) in [7, 11) is 0. The molecule has 0 aromatic carbocycles. The van der Waals surface area contributed by atoms with Crippen molar-refractivity contribution in [3.63, 3.8) is 0 Å². The van der Waals surface area contributed by atoms with Crippen LogP contribution < -0.4 is 5.73 Å². The van der Waals surface area contributed by atoms with Crippen LogP contribution in [0.3, 0.4) is 0 Å². The van der Waals surface area contributed by atoms with Crippen LogP contribution in [-0.4, -0.2) is 19.8 Å². The molecule has 3 aromatic heterocycles. The summed E-state index contributed by atoms with van der Waals surface area (Å²) in [5.41, 5.74) is 8.41. The van der Waals surface area contributed by atoms with Gasteiger partial charge in [-0.3, -0.25) is 0 Å². The predicted molar refractivity (Wildman–Crippen MR) is 77.8 cm³/mol. The summed E-state index contributed by atoms with van der Waals surface area (Å²) in [4.78, 5) is 2.11. The van der Waals surface area contributed by atoms with Crippen molar-refractivity contribution >= 4 is 32.6 Å². The monoisotopic (exact) mass is 291 g/mol. The van der Waals surface area contributed by atoms with Crippen LogP contribution in [0.1, 0.15) is 35.0 Å². The van der Waals surface area contributed by atoms with Gasteiger partial charge < -0.3 is 5.73 Å². The number of fused-ring (bicyclic) bond motifs is 1. The van der Waals surface area contributed by atoms with Gasteiger partial charge in [-0.15, -0.1) is 21.5 Å². The Morgan fingerprint density at radius 3 is 2.63 bits per heavy atom. The molecule has 0 bridgehead atoms. The highest BCUT2D eigenvalue weighted by Crippen LogP contribution is 2.42. The molecule has 0 atom stereocenters. The van der Waals surface area contributed by atoms with Crippen LogP contribution in [0.4, 0.5) is 5.00 Å². The average Bonchev–Trinajstić information content (AvgIpc) is 2.92. The number of nitrogen functional groups attached to an aromatic ring is 1. The van der Waals surface area contributed by atoms with Gasteiger partial charge in [0, 0.05) is 16.4 Å². The molecule has 0 unspecified atom stereocenters. The average molecular weight is 291 g/mol. The molecule has 3 aromatic rings. The minimum Gasteiger partial charge on any atom is -0.390 e. The van der Waals surface area contributed by atoms with Crippen molar-refractivity contribution < 1.29 is 0 Å². The molecule has 3 heterocycles. The molecule has 0 radical (unpaired) electrons. The van der Waals surface area contributed by atoms with Crippen LogP contribution in [0.25, 0.3) is 15.5 Å². The molecule has 0 spiro atoms. The van der Waals surface area contributed by atoms with Crippen molar-refractivity contribution in [2.75, 3.05) is 5.73 Å². The summed E-state index contributed by atoms with van der Waals surface area (Å²) in [6.45, 7) is 4.19. The summed E-state index contributed by atoms with van der Waals surface area (Å²) >= 11 is 3.19. The maximum atomic E-state index is 6.11. The molecule has 2 N–H and O–H groups in total. The fourth-order valence-electron chi connectivity index (χ4n) is 2.25. The van der Waals surface area contributed by atoms with Gasteiger partial charge in [0.05, 0.1) is 5.00 Å². The Labute approximate surface area is 118 Å². The smallest absolute Gasteiger partial charge is 0.234 e. The second kappa shape index (κ2) is 3.77. The number of hydrogen-bond acceptors (Lipinski definition) is 6. The number of hydrogen-bond donors (Lipinski definition) is 1. The molecule has 0 aliphatic heterocycles. The van der Waals surface area contributed by atoms with Gasteiger partial charge in [-0.25, -0.2) is 0 Å². The van der Waals surface area contributed by atoms with E-state index < -0.39 is 0 Å². The van der Waals surface area contributed by atoms with Gasteiger partial charge in [-0.2, -0.15) is 9.61 Å². The van der Waals surface area contributed by atoms with Crippen molar-refractivity contribution in [3.8, 4) is 10.6 Å². The number of aromatic nitrogens is 4. The van der Waals surface area contributed by atoms with Crippen LogP contribution in [0.15, 0.2) is 0 Å². The quantitative estimate of drug-likeness (QED) is 0.788. The lowest BCUT2D eigenvalue weighted by atomic mass is 10.2. The first-order valence-corrected chi connectivity index (χ1v) is 7.86. The van der Waals surface area contributed by atoms with E-state index >= 15 is 0 Å². The zero-order valence-electron chi connectivity index (χ0n) is 10.7. The van der Waals surface area contributed by atoms with Crippen LogP contribution in [0.2, 0.25) is 0 Å². The third-order valence-corrected chi connectivity index (χ3v) is 5.54. The maximum Gasteiger partial charge on any atom is 0.234 e. The van der Waals surface area contributed by atoms with Crippen molar-refractivity contribution in [1.29, 1.82) is 0 Å². The summed E-state index contributed by atoms with van der Waals surface area (Å²) in [6, 6.07) is 0. The summed E-state index contributed by atoms with van der Waals surface area (Å²) < 4.78 is 1.89. The van der Waals surface area contributed by atoms with Crippen LogP contribution in [0.5, 0.6) is 0 Å². The zero-order valence-corrected chi connectivity index (χ0v) is 12.3. The van der Waals surface area contributed by atoms with Crippen LogP contribution >= 0.6 is 22.7 Å². The third-order valence-electron chi connectivity index (χ3n) is 3.58. The topological polar surface area (TPSA) is 69.1 Å².